The van der Waals surface area contributed by atoms with Crippen LogP contribution in [0.3, 0.4) is 0 Å². The Kier molecular flexibility index (Phi) is 23.2. The molecule has 0 aromatic carbocycles. The zero-order valence-corrected chi connectivity index (χ0v) is 28.8. The summed E-state index contributed by atoms with van der Waals surface area (Å²) in [4.78, 5) is 34.5. The van der Waals surface area contributed by atoms with Gasteiger partial charge >= 0.3 is 19.8 Å². The summed E-state index contributed by atoms with van der Waals surface area (Å²) in [5.41, 5.74) is 0. The minimum atomic E-state index is -5.08. The number of ether oxygens (including phenoxy) is 2. The zero-order valence-electron chi connectivity index (χ0n) is 27.9. The fourth-order valence-electron chi connectivity index (χ4n) is 5.32. The van der Waals surface area contributed by atoms with Crippen LogP contribution in [0.4, 0.5) is 0 Å². The molecule has 1 fully saturated rings. The first-order valence-electron chi connectivity index (χ1n) is 17.3. The average Bonchev–Trinajstić information content (AvgIpc) is 3.02. The summed E-state index contributed by atoms with van der Waals surface area (Å²) in [6.45, 7) is 2.84. The summed E-state index contributed by atoms with van der Waals surface area (Å²) in [6, 6.07) is 0. The topological polar surface area (TPSA) is 210 Å². The number of aliphatic hydroxyl groups excluding tert-OH is 5. The molecule has 0 aromatic rings. The molecule has 13 nitrogen and oxygen atoms in total. The summed E-state index contributed by atoms with van der Waals surface area (Å²) in [6.07, 6.45) is 6.78. The van der Waals surface area contributed by atoms with E-state index in [0.717, 1.165) is 19.3 Å². The summed E-state index contributed by atoms with van der Waals surface area (Å²) >= 11 is 0. The zero-order chi connectivity index (χ0) is 34.4. The van der Waals surface area contributed by atoms with E-state index in [1.54, 1.807) is 6.92 Å². The van der Waals surface area contributed by atoms with E-state index in [2.05, 4.69) is 6.92 Å². The molecule has 1 rings (SSSR count). The minimum absolute atomic E-state index is 0.101. The molecular weight excluding hydrogens is 623 g/mol. The van der Waals surface area contributed by atoms with Crippen LogP contribution in [-0.4, -0.2) is 98.3 Å². The average molecular weight is 685 g/mol. The third-order valence-electron chi connectivity index (χ3n) is 8.17. The van der Waals surface area contributed by atoms with Crippen LogP contribution in [0.25, 0.3) is 0 Å². The molecule has 0 radical (unpaired) electrons. The Labute approximate surface area is 274 Å². The Morgan fingerprint density at radius 1 is 0.587 bits per heavy atom. The Morgan fingerprint density at radius 3 is 1.48 bits per heavy atom. The molecular formula is C32H61O13P. The Bertz CT molecular complexity index is 844. The summed E-state index contributed by atoms with van der Waals surface area (Å²) in [5, 5.41) is 49.5. The van der Waals surface area contributed by atoms with E-state index in [9.17, 15) is 44.6 Å². The Balaban J connectivity index is 2.36. The molecule has 6 unspecified atom stereocenters. The van der Waals surface area contributed by atoms with Crippen LogP contribution in [0.15, 0.2) is 0 Å². The fraction of sp³-hybridized carbons (Fsp3) is 0.938. The maximum absolute atomic E-state index is 12.6. The van der Waals surface area contributed by atoms with Crippen molar-refractivity contribution in [2.24, 2.45) is 0 Å². The van der Waals surface area contributed by atoms with Crippen LogP contribution in [0.2, 0.25) is 0 Å². The lowest BCUT2D eigenvalue weighted by molar-refractivity contribution is -0.220. The van der Waals surface area contributed by atoms with E-state index in [1.807, 2.05) is 0 Å². The van der Waals surface area contributed by atoms with E-state index in [0.29, 0.717) is 12.8 Å². The molecule has 0 amide bonds. The first kappa shape index (κ1) is 42.9. The van der Waals surface area contributed by atoms with Crippen molar-refractivity contribution in [1.82, 2.24) is 0 Å². The van der Waals surface area contributed by atoms with Gasteiger partial charge in [-0.15, -0.1) is 0 Å². The van der Waals surface area contributed by atoms with Gasteiger partial charge in [-0.2, -0.15) is 0 Å². The molecule has 0 spiro atoms. The number of phosphoric acid groups is 1. The van der Waals surface area contributed by atoms with Gasteiger partial charge in [0.15, 0.2) is 6.10 Å². The maximum Gasteiger partial charge on any atom is 0.472 e. The van der Waals surface area contributed by atoms with Gasteiger partial charge in [-0.05, 0) is 12.8 Å². The maximum atomic E-state index is 12.6. The summed E-state index contributed by atoms with van der Waals surface area (Å²) < 4.78 is 32.7. The number of unbranched alkanes of at least 4 members (excludes halogenated alkanes) is 15. The van der Waals surface area contributed by atoms with Gasteiger partial charge in [-0.1, -0.05) is 110 Å². The molecule has 6 atom stereocenters. The van der Waals surface area contributed by atoms with E-state index in [1.165, 1.54) is 77.0 Å². The molecule has 0 saturated heterocycles. The van der Waals surface area contributed by atoms with Gasteiger partial charge in [0.2, 0.25) is 0 Å². The van der Waals surface area contributed by atoms with Gasteiger partial charge in [-0.25, -0.2) is 4.57 Å². The highest BCUT2D eigenvalue weighted by molar-refractivity contribution is 7.47. The van der Waals surface area contributed by atoms with Gasteiger partial charge in [0, 0.05) is 12.8 Å². The molecule has 272 valence electrons. The smallest absolute Gasteiger partial charge is 0.462 e. The molecule has 0 aromatic heterocycles. The molecule has 46 heavy (non-hydrogen) atoms. The molecule has 0 heterocycles. The molecule has 0 bridgehead atoms. The number of aliphatic hydroxyl groups is 5. The van der Waals surface area contributed by atoms with Crippen LogP contribution in [0.5, 0.6) is 0 Å². The summed E-state index contributed by atoms with van der Waals surface area (Å²) in [5.74, 6) is -1.16. The van der Waals surface area contributed by atoms with Gasteiger partial charge in [0.05, 0.1) is 6.61 Å². The van der Waals surface area contributed by atoms with Gasteiger partial charge in [0.1, 0.15) is 43.2 Å². The lowest BCUT2D eigenvalue weighted by atomic mass is 9.85. The molecule has 1 aliphatic carbocycles. The monoisotopic (exact) mass is 684 g/mol. The van der Waals surface area contributed by atoms with Crippen LogP contribution < -0.4 is 0 Å². The number of carbonyl (C=O) groups excluding carboxylic acids is 2. The highest BCUT2D eigenvalue weighted by Crippen LogP contribution is 2.47. The van der Waals surface area contributed by atoms with Crippen molar-refractivity contribution in [3.8, 4) is 0 Å². The SMILES string of the molecule is CCCCCCCCCCCCCCCCCCC(=O)OC(COC(=O)CCC)COP(=O)(O)OC1C(O)C(O)C(O)C(O)C1O. The van der Waals surface area contributed by atoms with Crippen molar-refractivity contribution in [1.29, 1.82) is 0 Å². The second kappa shape index (κ2) is 24.9. The number of carbonyl (C=O) groups is 2. The van der Waals surface area contributed by atoms with Crippen LogP contribution in [0.1, 0.15) is 136 Å². The van der Waals surface area contributed by atoms with E-state index >= 15 is 0 Å². The van der Waals surface area contributed by atoms with Gasteiger partial charge in [0.25, 0.3) is 0 Å². The number of rotatable bonds is 27. The second-order valence-electron chi connectivity index (χ2n) is 12.4. The van der Waals surface area contributed by atoms with Crippen molar-refractivity contribution in [2.45, 2.75) is 179 Å². The summed E-state index contributed by atoms with van der Waals surface area (Å²) in [7, 11) is -5.08. The minimum Gasteiger partial charge on any atom is -0.462 e. The first-order chi connectivity index (χ1) is 21.9. The lowest BCUT2D eigenvalue weighted by Crippen LogP contribution is -2.64. The number of hydrogen-bond donors (Lipinski definition) is 6. The second-order valence-corrected chi connectivity index (χ2v) is 13.8. The van der Waals surface area contributed by atoms with E-state index in [4.69, 9.17) is 18.5 Å². The third kappa shape index (κ3) is 18.4. The standard InChI is InChI=1S/C32H61O13P/c1-3-5-6-7-8-9-10-11-12-13-14-15-16-17-18-19-21-26(34)44-24(22-42-25(33)20-4-2)23-43-46(40,41)45-32-30(38)28(36)27(35)29(37)31(32)39/h24,27-32,35-39H,3-23H2,1-2H3,(H,40,41). The van der Waals surface area contributed by atoms with Gasteiger partial charge in [-0.3, -0.25) is 18.6 Å². The van der Waals surface area contributed by atoms with E-state index in [-0.39, 0.29) is 12.8 Å². The molecule has 14 heteroatoms. The predicted octanol–water partition coefficient (Wildman–Crippen LogP) is 4.21. The predicted molar refractivity (Wildman–Crippen MR) is 171 cm³/mol. The van der Waals surface area contributed by atoms with Crippen LogP contribution in [-0.2, 0) is 32.7 Å². The Hall–Kier alpha value is -1.15. The van der Waals surface area contributed by atoms with Crippen LogP contribution in [0, 0.1) is 0 Å². The van der Waals surface area contributed by atoms with E-state index < -0.39 is 75.7 Å². The first-order valence-corrected chi connectivity index (χ1v) is 18.8. The molecule has 1 saturated carbocycles. The van der Waals surface area contributed by atoms with Crippen LogP contribution >= 0.6 is 7.82 Å². The third-order valence-corrected chi connectivity index (χ3v) is 9.15. The highest BCUT2D eigenvalue weighted by atomic mass is 31.2. The van der Waals surface area contributed by atoms with Crippen molar-refractivity contribution in [3.05, 3.63) is 0 Å². The largest absolute Gasteiger partial charge is 0.472 e. The Morgan fingerprint density at radius 2 is 1.02 bits per heavy atom. The number of esters is 2. The van der Waals surface area contributed by atoms with Crippen molar-refractivity contribution in [2.75, 3.05) is 13.2 Å². The quantitative estimate of drug-likeness (QED) is 0.0407. The fourth-order valence-corrected chi connectivity index (χ4v) is 6.30. The molecule has 1 aliphatic rings. The molecule has 6 N–H and O–H groups in total. The normalized spacial score (nSPS) is 25.1. The highest BCUT2D eigenvalue weighted by Gasteiger charge is 2.51. The van der Waals surface area contributed by atoms with Crippen molar-refractivity contribution < 1.29 is 63.1 Å². The van der Waals surface area contributed by atoms with Gasteiger partial charge < -0.3 is 39.9 Å². The molecule has 0 aliphatic heterocycles. The number of phosphoric ester groups is 1. The lowest BCUT2D eigenvalue weighted by Gasteiger charge is -2.41. The number of hydrogen-bond acceptors (Lipinski definition) is 12. The van der Waals surface area contributed by atoms with Crippen molar-refractivity contribution >= 4 is 19.8 Å². The van der Waals surface area contributed by atoms with Crippen molar-refractivity contribution in [3.63, 3.8) is 0 Å².